The first kappa shape index (κ1) is 23.2. The number of amides is 1. The van der Waals surface area contributed by atoms with Crippen LogP contribution in [0.1, 0.15) is 27.4 Å². The molecule has 0 saturated heterocycles. The molecule has 0 fully saturated rings. The van der Waals surface area contributed by atoms with Crippen LogP contribution in [0.4, 0.5) is 5.69 Å². The normalized spacial score (nSPS) is 11.3. The third-order valence-corrected chi connectivity index (χ3v) is 5.76. The van der Waals surface area contributed by atoms with Gasteiger partial charge < -0.3 is 9.73 Å². The Morgan fingerprint density at radius 3 is 2.35 bits per heavy atom. The number of benzene rings is 3. The molecule has 34 heavy (non-hydrogen) atoms. The van der Waals surface area contributed by atoms with Crippen molar-refractivity contribution in [1.29, 1.82) is 0 Å². The van der Waals surface area contributed by atoms with E-state index >= 15 is 0 Å². The molecule has 1 aromatic heterocycles. The van der Waals surface area contributed by atoms with Gasteiger partial charge in [0.1, 0.15) is 0 Å². The van der Waals surface area contributed by atoms with Crippen LogP contribution in [0.25, 0.3) is 22.6 Å². The summed E-state index contributed by atoms with van der Waals surface area (Å²) in [5.74, 6) is 0.747. The number of nitrogens with one attached hydrogen (secondary N) is 2. The van der Waals surface area contributed by atoms with Crippen molar-refractivity contribution in [1.82, 2.24) is 15.5 Å². The first-order valence-electron chi connectivity index (χ1n) is 10.5. The fourth-order valence-electron chi connectivity index (χ4n) is 3.52. The average molecular weight is 477 g/mol. The average Bonchev–Trinajstić information content (AvgIpc) is 3.23. The number of rotatable bonds is 7. The van der Waals surface area contributed by atoms with Crippen LogP contribution in [0.5, 0.6) is 0 Å². The predicted molar refractivity (Wildman–Crippen MR) is 131 cm³/mol. The van der Waals surface area contributed by atoms with Crippen molar-refractivity contribution in [3.63, 3.8) is 0 Å². The lowest BCUT2D eigenvalue weighted by molar-refractivity contribution is 0.0951. The number of sulfonamides is 1. The smallest absolute Gasteiger partial charge is 0.251 e. The lowest BCUT2D eigenvalue weighted by Crippen LogP contribution is -2.22. The topological polar surface area (TPSA) is 114 Å². The lowest BCUT2D eigenvalue weighted by atomic mass is 9.97. The molecule has 4 aromatic rings. The summed E-state index contributed by atoms with van der Waals surface area (Å²) < 4.78 is 30.8. The molecule has 174 valence electrons. The minimum Gasteiger partial charge on any atom is -0.421 e. The molecule has 8 nitrogen and oxygen atoms in total. The Bertz CT molecular complexity index is 1440. The van der Waals surface area contributed by atoms with Crippen molar-refractivity contribution in [2.45, 2.75) is 20.4 Å². The Morgan fingerprint density at radius 2 is 1.68 bits per heavy atom. The molecule has 4 rings (SSSR count). The number of aryl methyl sites for hydroxylation is 2. The van der Waals surface area contributed by atoms with E-state index in [1.165, 1.54) is 0 Å². The summed E-state index contributed by atoms with van der Waals surface area (Å²) in [5, 5.41) is 10.8. The third kappa shape index (κ3) is 5.68. The Kier molecular flexibility index (Phi) is 6.47. The fourth-order valence-corrected chi connectivity index (χ4v) is 4.08. The second kappa shape index (κ2) is 9.48. The highest BCUT2D eigenvalue weighted by Gasteiger charge is 2.11. The molecule has 1 amide bonds. The maximum Gasteiger partial charge on any atom is 0.251 e. The minimum atomic E-state index is -3.37. The SMILES string of the molecule is Cc1nnc(-c2ccc(C)c(-c3ccc(C(=O)NCc4cccc(NS(C)(=O)=O)c4)cc3)c2)o1. The van der Waals surface area contributed by atoms with E-state index in [9.17, 15) is 13.2 Å². The molecule has 0 atom stereocenters. The van der Waals surface area contributed by atoms with Gasteiger partial charge in [0.25, 0.3) is 5.91 Å². The van der Waals surface area contributed by atoms with Gasteiger partial charge in [-0.25, -0.2) is 8.42 Å². The number of nitrogens with zero attached hydrogens (tertiary/aromatic N) is 2. The molecule has 1 heterocycles. The van der Waals surface area contributed by atoms with Crippen LogP contribution in [0, 0.1) is 13.8 Å². The molecule has 0 radical (unpaired) electrons. The molecule has 0 saturated carbocycles. The number of carbonyl (C=O) groups is 1. The van der Waals surface area contributed by atoms with Gasteiger partial charge in [-0.1, -0.05) is 30.3 Å². The van der Waals surface area contributed by atoms with E-state index in [0.717, 1.165) is 34.1 Å². The number of hydrogen-bond donors (Lipinski definition) is 2. The monoisotopic (exact) mass is 476 g/mol. The van der Waals surface area contributed by atoms with Gasteiger partial charge in [0.15, 0.2) is 0 Å². The maximum absolute atomic E-state index is 12.6. The fraction of sp³-hybridized carbons (Fsp3) is 0.160. The van der Waals surface area contributed by atoms with E-state index in [4.69, 9.17) is 4.42 Å². The molecule has 2 N–H and O–H groups in total. The third-order valence-electron chi connectivity index (χ3n) is 5.15. The molecular formula is C25H24N4O4S. The van der Waals surface area contributed by atoms with E-state index in [2.05, 4.69) is 20.2 Å². The number of anilines is 1. The Hall–Kier alpha value is -3.98. The van der Waals surface area contributed by atoms with Crippen LogP contribution < -0.4 is 10.0 Å². The zero-order valence-corrected chi connectivity index (χ0v) is 19.8. The molecule has 3 aromatic carbocycles. The molecule has 0 aliphatic carbocycles. The summed E-state index contributed by atoms with van der Waals surface area (Å²) in [6.45, 7) is 4.04. The summed E-state index contributed by atoms with van der Waals surface area (Å²) in [4.78, 5) is 12.6. The Morgan fingerprint density at radius 1 is 0.941 bits per heavy atom. The lowest BCUT2D eigenvalue weighted by Gasteiger charge is -2.10. The van der Waals surface area contributed by atoms with Gasteiger partial charge >= 0.3 is 0 Å². The van der Waals surface area contributed by atoms with Crippen LogP contribution in [0.2, 0.25) is 0 Å². The molecule has 0 unspecified atom stereocenters. The highest BCUT2D eigenvalue weighted by atomic mass is 32.2. The number of hydrogen-bond acceptors (Lipinski definition) is 6. The maximum atomic E-state index is 12.6. The van der Waals surface area contributed by atoms with Gasteiger partial charge in [-0.15, -0.1) is 10.2 Å². The molecule has 9 heteroatoms. The van der Waals surface area contributed by atoms with Gasteiger partial charge in [-0.3, -0.25) is 9.52 Å². The molecular weight excluding hydrogens is 452 g/mol. The van der Waals surface area contributed by atoms with Crippen LogP contribution in [0.15, 0.2) is 71.1 Å². The first-order chi connectivity index (χ1) is 16.2. The van der Waals surface area contributed by atoms with Crippen molar-refractivity contribution in [2.24, 2.45) is 0 Å². The van der Waals surface area contributed by atoms with Crippen molar-refractivity contribution < 1.29 is 17.6 Å². The van der Waals surface area contributed by atoms with Gasteiger partial charge in [-0.05, 0) is 65.6 Å². The molecule has 0 bridgehead atoms. The summed E-state index contributed by atoms with van der Waals surface area (Å²) in [6, 6.07) is 20.2. The summed E-state index contributed by atoms with van der Waals surface area (Å²) in [6.07, 6.45) is 1.09. The van der Waals surface area contributed by atoms with Crippen LogP contribution in [-0.4, -0.2) is 30.8 Å². The molecule has 0 spiro atoms. The van der Waals surface area contributed by atoms with Crippen LogP contribution in [-0.2, 0) is 16.6 Å². The second-order valence-electron chi connectivity index (χ2n) is 7.99. The summed E-state index contributed by atoms with van der Waals surface area (Å²) in [7, 11) is -3.37. The van der Waals surface area contributed by atoms with E-state index in [1.54, 1.807) is 37.3 Å². The highest BCUT2D eigenvalue weighted by molar-refractivity contribution is 7.92. The molecule has 0 aliphatic rings. The van der Waals surface area contributed by atoms with Crippen LogP contribution >= 0.6 is 0 Å². The minimum absolute atomic E-state index is 0.222. The second-order valence-corrected chi connectivity index (χ2v) is 9.74. The zero-order valence-electron chi connectivity index (χ0n) is 19.0. The van der Waals surface area contributed by atoms with Crippen molar-refractivity contribution in [3.8, 4) is 22.6 Å². The number of aromatic nitrogens is 2. The van der Waals surface area contributed by atoms with Gasteiger partial charge in [0, 0.05) is 30.3 Å². The quantitative estimate of drug-likeness (QED) is 0.411. The predicted octanol–water partition coefficient (Wildman–Crippen LogP) is 4.32. The van der Waals surface area contributed by atoms with Gasteiger partial charge in [0.2, 0.25) is 21.8 Å². The van der Waals surface area contributed by atoms with E-state index in [1.807, 2.05) is 43.3 Å². The summed E-state index contributed by atoms with van der Waals surface area (Å²) >= 11 is 0. The Balaban J connectivity index is 1.46. The first-order valence-corrected chi connectivity index (χ1v) is 12.4. The van der Waals surface area contributed by atoms with E-state index < -0.39 is 10.0 Å². The van der Waals surface area contributed by atoms with Crippen molar-refractivity contribution in [2.75, 3.05) is 11.0 Å². The van der Waals surface area contributed by atoms with Crippen LogP contribution in [0.3, 0.4) is 0 Å². The van der Waals surface area contributed by atoms with Crippen molar-refractivity contribution in [3.05, 3.63) is 89.3 Å². The van der Waals surface area contributed by atoms with Gasteiger partial charge in [0.05, 0.1) is 6.26 Å². The largest absolute Gasteiger partial charge is 0.421 e. The standard InChI is InChI=1S/C25H24N4O4S/c1-16-7-8-21(25-28-27-17(2)33-25)14-23(16)19-9-11-20(12-10-19)24(30)26-15-18-5-4-6-22(13-18)29-34(3,31)32/h4-14,29H,15H2,1-3H3,(H,26,30). The Labute approximate surface area is 198 Å². The van der Waals surface area contributed by atoms with E-state index in [-0.39, 0.29) is 12.5 Å². The molecule has 0 aliphatic heterocycles. The van der Waals surface area contributed by atoms with Gasteiger partial charge in [-0.2, -0.15) is 0 Å². The van der Waals surface area contributed by atoms with Crippen molar-refractivity contribution >= 4 is 21.6 Å². The highest BCUT2D eigenvalue weighted by Crippen LogP contribution is 2.29. The number of carbonyl (C=O) groups excluding carboxylic acids is 1. The zero-order chi connectivity index (χ0) is 24.3. The van der Waals surface area contributed by atoms with E-state index in [0.29, 0.717) is 23.0 Å². The summed E-state index contributed by atoms with van der Waals surface area (Å²) in [5.41, 5.74) is 5.64.